The van der Waals surface area contributed by atoms with Crippen molar-refractivity contribution < 1.29 is 4.74 Å². The highest BCUT2D eigenvalue weighted by Crippen LogP contribution is 2.30. The molecule has 0 saturated carbocycles. The van der Waals surface area contributed by atoms with Crippen molar-refractivity contribution in [1.82, 2.24) is 0 Å². The van der Waals surface area contributed by atoms with Gasteiger partial charge in [0.25, 0.3) is 0 Å². The number of para-hydroxylation sites is 1. The molecule has 2 heteroatoms. The standard InChI is InChI=1S/C11H15NO/c1-8(7-12)11-6-9-4-2-3-5-10(9)13-11/h2-5,8,11H,6-7,12H2,1H3/t8-,11?/m0/s1. The van der Waals surface area contributed by atoms with Crippen molar-refractivity contribution in [1.29, 1.82) is 0 Å². The van der Waals surface area contributed by atoms with Gasteiger partial charge in [0.05, 0.1) is 0 Å². The minimum absolute atomic E-state index is 0.280. The number of hydrogen-bond donors (Lipinski definition) is 1. The second-order valence-corrected chi connectivity index (χ2v) is 3.68. The minimum atomic E-state index is 0.280. The van der Waals surface area contributed by atoms with E-state index in [9.17, 15) is 0 Å². The largest absolute Gasteiger partial charge is 0.489 e. The third-order valence-corrected chi connectivity index (χ3v) is 2.68. The van der Waals surface area contributed by atoms with E-state index in [1.807, 2.05) is 12.1 Å². The maximum Gasteiger partial charge on any atom is 0.123 e. The second kappa shape index (κ2) is 3.38. The SMILES string of the molecule is C[C@@H](CN)C1Cc2ccccc2O1. The molecule has 0 bridgehead atoms. The van der Waals surface area contributed by atoms with Crippen LogP contribution in [-0.2, 0) is 6.42 Å². The van der Waals surface area contributed by atoms with Gasteiger partial charge in [-0.05, 0) is 18.2 Å². The van der Waals surface area contributed by atoms with Crippen molar-refractivity contribution in [2.75, 3.05) is 6.54 Å². The summed E-state index contributed by atoms with van der Waals surface area (Å²) in [6.07, 6.45) is 1.29. The van der Waals surface area contributed by atoms with Gasteiger partial charge < -0.3 is 10.5 Å². The zero-order chi connectivity index (χ0) is 9.26. The molecule has 1 aliphatic rings. The summed E-state index contributed by atoms with van der Waals surface area (Å²) < 4.78 is 5.78. The Bertz CT molecular complexity index is 273. The van der Waals surface area contributed by atoms with Crippen LogP contribution in [0.15, 0.2) is 24.3 Å². The molecule has 2 rings (SSSR count). The van der Waals surface area contributed by atoms with E-state index in [1.165, 1.54) is 5.56 Å². The Labute approximate surface area is 78.7 Å². The molecule has 1 heterocycles. The number of benzene rings is 1. The number of ether oxygens (including phenoxy) is 1. The Kier molecular flexibility index (Phi) is 2.23. The van der Waals surface area contributed by atoms with Gasteiger partial charge in [-0.2, -0.15) is 0 Å². The zero-order valence-corrected chi connectivity index (χ0v) is 7.86. The first-order chi connectivity index (χ1) is 6.31. The molecule has 0 amide bonds. The van der Waals surface area contributed by atoms with E-state index in [-0.39, 0.29) is 6.10 Å². The summed E-state index contributed by atoms with van der Waals surface area (Å²) in [5.74, 6) is 1.47. The van der Waals surface area contributed by atoms with E-state index in [0.717, 1.165) is 12.2 Å². The lowest BCUT2D eigenvalue weighted by Crippen LogP contribution is -2.28. The fourth-order valence-corrected chi connectivity index (χ4v) is 1.68. The smallest absolute Gasteiger partial charge is 0.123 e. The lowest BCUT2D eigenvalue weighted by Gasteiger charge is -2.16. The van der Waals surface area contributed by atoms with Crippen molar-refractivity contribution in [3.63, 3.8) is 0 Å². The summed E-state index contributed by atoms with van der Waals surface area (Å²) in [5.41, 5.74) is 6.92. The Hall–Kier alpha value is -1.02. The highest BCUT2D eigenvalue weighted by Gasteiger charge is 2.26. The Morgan fingerprint density at radius 3 is 3.00 bits per heavy atom. The number of hydrogen-bond acceptors (Lipinski definition) is 2. The number of fused-ring (bicyclic) bond motifs is 1. The number of nitrogens with two attached hydrogens (primary N) is 1. The molecule has 1 unspecified atom stereocenters. The van der Waals surface area contributed by atoms with Crippen LogP contribution >= 0.6 is 0 Å². The first-order valence-corrected chi connectivity index (χ1v) is 4.76. The van der Waals surface area contributed by atoms with E-state index in [4.69, 9.17) is 10.5 Å². The summed E-state index contributed by atoms with van der Waals surface area (Å²) >= 11 is 0. The molecule has 0 fully saturated rings. The molecule has 0 saturated heterocycles. The average Bonchev–Trinajstić information content (AvgIpc) is 2.59. The second-order valence-electron chi connectivity index (χ2n) is 3.68. The van der Waals surface area contributed by atoms with Crippen LogP contribution in [0.4, 0.5) is 0 Å². The molecule has 2 nitrogen and oxygen atoms in total. The van der Waals surface area contributed by atoms with Gasteiger partial charge in [-0.25, -0.2) is 0 Å². The third kappa shape index (κ3) is 1.54. The molecule has 0 aliphatic carbocycles. The number of rotatable bonds is 2. The molecule has 13 heavy (non-hydrogen) atoms. The highest BCUT2D eigenvalue weighted by molar-refractivity contribution is 5.37. The summed E-state index contributed by atoms with van der Waals surface area (Å²) in [6, 6.07) is 8.21. The monoisotopic (exact) mass is 177 g/mol. The molecular weight excluding hydrogens is 162 g/mol. The van der Waals surface area contributed by atoms with Gasteiger partial charge in [-0.1, -0.05) is 25.1 Å². The molecule has 2 N–H and O–H groups in total. The molecule has 0 radical (unpaired) electrons. The predicted molar refractivity (Wildman–Crippen MR) is 52.8 cm³/mol. The van der Waals surface area contributed by atoms with E-state index in [1.54, 1.807) is 0 Å². The van der Waals surface area contributed by atoms with Gasteiger partial charge in [0.1, 0.15) is 11.9 Å². The fraction of sp³-hybridized carbons (Fsp3) is 0.455. The average molecular weight is 177 g/mol. The van der Waals surface area contributed by atoms with Crippen molar-refractivity contribution in [2.24, 2.45) is 11.7 Å². The van der Waals surface area contributed by atoms with Crippen LogP contribution < -0.4 is 10.5 Å². The van der Waals surface area contributed by atoms with Crippen LogP contribution in [0.5, 0.6) is 5.75 Å². The van der Waals surface area contributed by atoms with Crippen molar-refractivity contribution >= 4 is 0 Å². The lowest BCUT2D eigenvalue weighted by atomic mass is 10.0. The molecule has 70 valence electrons. The Balaban J connectivity index is 2.14. The summed E-state index contributed by atoms with van der Waals surface area (Å²) in [6.45, 7) is 2.83. The van der Waals surface area contributed by atoms with E-state index < -0.39 is 0 Å². The molecule has 1 aliphatic heterocycles. The van der Waals surface area contributed by atoms with E-state index >= 15 is 0 Å². The molecule has 0 spiro atoms. The maximum atomic E-state index is 5.78. The first kappa shape index (κ1) is 8.57. The summed E-state index contributed by atoms with van der Waals surface area (Å²) in [4.78, 5) is 0. The van der Waals surface area contributed by atoms with Gasteiger partial charge in [-0.15, -0.1) is 0 Å². The lowest BCUT2D eigenvalue weighted by molar-refractivity contribution is 0.172. The zero-order valence-electron chi connectivity index (χ0n) is 7.86. The third-order valence-electron chi connectivity index (χ3n) is 2.68. The van der Waals surface area contributed by atoms with Crippen LogP contribution in [0.2, 0.25) is 0 Å². The molecule has 1 aromatic carbocycles. The molecule has 0 aromatic heterocycles. The summed E-state index contributed by atoms with van der Waals surface area (Å²) in [7, 11) is 0. The van der Waals surface area contributed by atoms with Crippen LogP contribution in [0.25, 0.3) is 0 Å². The Morgan fingerprint density at radius 2 is 2.31 bits per heavy atom. The quantitative estimate of drug-likeness (QED) is 0.744. The van der Waals surface area contributed by atoms with Crippen molar-refractivity contribution in [2.45, 2.75) is 19.4 Å². The highest BCUT2D eigenvalue weighted by atomic mass is 16.5. The van der Waals surface area contributed by atoms with Crippen LogP contribution in [0.1, 0.15) is 12.5 Å². The van der Waals surface area contributed by atoms with Gasteiger partial charge in [0.15, 0.2) is 0 Å². The van der Waals surface area contributed by atoms with Gasteiger partial charge >= 0.3 is 0 Å². The molecule has 2 atom stereocenters. The molecule has 1 aromatic rings. The summed E-state index contributed by atoms with van der Waals surface area (Å²) in [5, 5.41) is 0. The van der Waals surface area contributed by atoms with Crippen LogP contribution in [0.3, 0.4) is 0 Å². The minimum Gasteiger partial charge on any atom is -0.489 e. The van der Waals surface area contributed by atoms with E-state index in [0.29, 0.717) is 12.5 Å². The van der Waals surface area contributed by atoms with Gasteiger partial charge in [0, 0.05) is 12.3 Å². The van der Waals surface area contributed by atoms with Crippen LogP contribution in [-0.4, -0.2) is 12.6 Å². The topological polar surface area (TPSA) is 35.2 Å². The van der Waals surface area contributed by atoms with Gasteiger partial charge in [0.2, 0.25) is 0 Å². The maximum absolute atomic E-state index is 5.78. The predicted octanol–water partition coefficient (Wildman–Crippen LogP) is 1.58. The first-order valence-electron chi connectivity index (χ1n) is 4.76. The van der Waals surface area contributed by atoms with Crippen molar-refractivity contribution in [3.8, 4) is 5.75 Å². The molecular formula is C11H15NO. The van der Waals surface area contributed by atoms with Gasteiger partial charge in [-0.3, -0.25) is 0 Å². The fourth-order valence-electron chi connectivity index (χ4n) is 1.68. The Morgan fingerprint density at radius 1 is 1.54 bits per heavy atom. The van der Waals surface area contributed by atoms with Crippen LogP contribution in [0, 0.1) is 5.92 Å². The van der Waals surface area contributed by atoms with Crippen molar-refractivity contribution in [3.05, 3.63) is 29.8 Å². The normalized spacial score (nSPS) is 22.2. The van der Waals surface area contributed by atoms with E-state index in [2.05, 4.69) is 19.1 Å².